The van der Waals surface area contributed by atoms with E-state index in [1.165, 1.54) is 0 Å². The number of hydrogen-bond acceptors (Lipinski definition) is 4. The number of aliphatic hydroxyl groups is 2. The summed E-state index contributed by atoms with van der Waals surface area (Å²) in [5.41, 5.74) is 0.827. The van der Waals surface area contributed by atoms with Gasteiger partial charge in [0.1, 0.15) is 5.75 Å². The van der Waals surface area contributed by atoms with E-state index in [1.54, 1.807) is 25.8 Å². The van der Waals surface area contributed by atoms with E-state index >= 15 is 0 Å². The fourth-order valence-electron chi connectivity index (χ4n) is 1.49. The van der Waals surface area contributed by atoms with E-state index in [2.05, 4.69) is 0 Å². The molecular weight excluding hydrogens is 224 g/mol. The number of methoxy groups -OCH3 is 1. The minimum Gasteiger partial charge on any atom is -0.496 e. The zero-order chi connectivity index (χ0) is 12.0. The number of thioether (sulfide) groups is 1. The lowest BCUT2D eigenvalue weighted by Gasteiger charge is -2.15. The van der Waals surface area contributed by atoms with Crippen molar-refractivity contribution in [3.8, 4) is 5.75 Å². The highest BCUT2D eigenvalue weighted by Crippen LogP contribution is 2.34. The van der Waals surface area contributed by atoms with Crippen LogP contribution in [-0.2, 0) is 0 Å². The van der Waals surface area contributed by atoms with E-state index < -0.39 is 6.10 Å². The van der Waals surface area contributed by atoms with E-state index in [0.29, 0.717) is 5.75 Å². The average Bonchev–Trinajstić information content (AvgIpc) is 2.28. The lowest BCUT2D eigenvalue weighted by molar-refractivity contribution is 0.191. The summed E-state index contributed by atoms with van der Waals surface area (Å²) in [5, 5.41) is 18.5. The average molecular weight is 242 g/mol. The third-order valence-corrected chi connectivity index (χ3v) is 3.38. The van der Waals surface area contributed by atoms with Crippen molar-refractivity contribution in [3.63, 3.8) is 0 Å². The van der Waals surface area contributed by atoms with Gasteiger partial charge in [-0.2, -0.15) is 0 Å². The highest BCUT2D eigenvalue weighted by atomic mass is 32.2. The summed E-state index contributed by atoms with van der Waals surface area (Å²) in [6.07, 6.45) is 0.203. The van der Waals surface area contributed by atoms with Gasteiger partial charge in [0, 0.05) is 22.8 Å². The third kappa shape index (κ3) is 3.40. The molecule has 0 aliphatic heterocycles. The van der Waals surface area contributed by atoms with Crippen molar-refractivity contribution in [3.05, 3.63) is 23.8 Å². The molecule has 0 aromatic heterocycles. The first kappa shape index (κ1) is 13.4. The zero-order valence-corrected chi connectivity index (χ0v) is 10.5. The molecule has 0 heterocycles. The Kier molecular flexibility index (Phi) is 5.66. The van der Waals surface area contributed by atoms with Crippen molar-refractivity contribution in [2.24, 2.45) is 0 Å². The molecule has 0 unspecified atom stereocenters. The first-order valence-corrected chi connectivity index (χ1v) is 6.28. The number of hydrogen-bond donors (Lipinski definition) is 2. The summed E-state index contributed by atoms with van der Waals surface area (Å²) >= 11 is 1.63. The molecular formula is C12H18O3S. The molecule has 1 aromatic carbocycles. The normalized spacial score (nSPS) is 12.5. The van der Waals surface area contributed by atoms with Crippen LogP contribution in [0.25, 0.3) is 0 Å². The minimum absolute atomic E-state index is 0.195. The molecule has 0 bridgehead atoms. The van der Waals surface area contributed by atoms with Gasteiger partial charge < -0.3 is 14.9 Å². The van der Waals surface area contributed by atoms with Gasteiger partial charge in [-0.05, 0) is 25.5 Å². The van der Waals surface area contributed by atoms with E-state index in [4.69, 9.17) is 9.84 Å². The van der Waals surface area contributed by atoms with Gasteiger partial charge in [0.2, 0.25) is 0 Å². The molecule has 0 amide bonds. The molecule has 1 rings (SSSR count). The Morgan fingerprint density at radius 3 is 2.75 bits per heavy atom. The molecule has 16 heavy (non-hydrogen) atoms. The molecule has 1 aromatic rings. The van der Waals surface area contributed by atoms with E-state index in [-0.39, 0.29) is 6.61 Å². The van der Waals surface area contributed by atoms with Crippen molar-refractivity contribution in [2.45, 2.75) is 24.3 Å². The second-order valence-corrected chi connectivity index (χ2v) is 4.61. The fourth-order valence-corrected chi connectivity index (χ4v) is 2.58. The van der Waals surface area contributed by atoms with Crippen molar-refractivity contribution >= 4 is 11.8 Å². The van der Waals surface area contributed by atoms with E-state index in [9.17, 15) is 5.11 Å². The van der Waals surface area contributed by atoms with Gasteiger partial charge in [0.25, 0.3) is 0 Å². The summed E-state index contributed by atoms with van der Waals surface area (Å²) in [6.45, 7) is 1.93. The van der Waals surface area contributed by atoms with Crippen LogP contribution in [-0.4, -0.2) is 29.7 Å². The maximum atomic E-state index is 9.73. The summed E-state index contributed by atoms with van der Waals surface area (Å²) in [6, 6.07) is 5.72. The quantitative estimate of drug-likeness (QED) is 0.593. The van der Waals surface area contributed by atoms with Gasteiger partial charge in [-0.3, -0.25) is 0 Å². The highest BCUT2D eigenvalue weighted by Gasteiger charge is 2.13. The minimum atomic E-state index is -0.548. The molecule has 0 aliphatic rings. The Morgan fingerprint density at radius 2 is 2.19 bits per heavy atom. The Balaban J connectivity index is 2.89. The number of ether oxygens (including phenoxy) is 1. The Hall–Kier alpha value is -0.710. The predicted octanol–water partition coefficient (Wildman–Crippen LogP) is 2.22. The van der Waals surface area contributed by atoms with Crippen molar-refractivity contribution in [2.75, 3.05) is 19.5 Å². The van der Waals surface area contributed by atoms with Crippen LogP contribution >= 0.6 is 11.8 Å². The first-order valence-electron chi connectivity index (χ1n) is 5.29. The Morgan fingerprint density at radius 1 is 1.44 bits per heavy atom. The van der Waals surface area contributed by atoms with Gasteiger partial charge in [-0.15, -0.1) is 11.8 Å². The van der Waals surface area contributed by atoms with Gasteiger partial charge in [0.05, 0.1) is 13.2 Å². The maximum absolute atomic E-state index is 9.73. The number of aliphatic hydroxyl groups excluding tert-OH is 2. The molecule has 0 saturated carbocycles. The standard InChI is InChI=1S/C12H18O3S/c1-9(14)12-10(15-2)5-3-6-11(12)16-8-4-7-13/h3,5-6,9,13-14H,4,7-8H2,1-2H3/t9-/m1/s1. The molecule has 90 valence electrons. The van der Waals surface area contributed by atoms with Crippen LogP contribution in [0.15, 0.2) is 23.1 Å². The molecule has 0 saturated heterocycles. The largest absolute Gasteiger partial charge is 0.496 e. The molecule has 3 nitrogen and oxygen atoms in total. The zero-order valence-electron chi connectivity index (χ0n) is 9.64. The second-order valence-electron chi connectivity index (χ2n) is 3.47. The second kappa shape index (κ2) is 6.78. The summed E-state index contributed by atoms with van der Waals surface area (Å²) in [4.78, 5) is 1.02. The van der Waals surface area contributed by atoms with E-state index in [1.807, 2.05) is 18.2 Å². The monoisotopic (exact) mass is 242 g/mol. The number of rotatable bonds is 6. The van der Waals surface area contributed by atoms with Crippen molar-refractivity contribution in [1.29, 1.82) is 0 Å². The van der Waals surface area contributed by atoms with Gasteiger partial charge in [-0.1, -0.05) is 6.07 Å². The molecule has 0 aliphatic carbocycles. The van der Waals surface area contributed by atoms with Gasteiger partial charge >= 0.3 is 0 Å². The number of benzene rings is 1. The molecule has 0 radical (unpaired) electrons. The molecule has 0 fully saturated rings. The van der Waals surface area contributed by atoms with Crippen LogP contribution in [0.5, 0.6) is 5.75 Å². The lowest BCUT2D eigenvalue weighted by Crippen LogP contribution is -1.99. The van der Waals surface area contributed by atoms with Crippen LogP contribution in [0.4, 0.5) is 0 Å². The summed E-state index contributed by atoms with van der Waals surface area (Å²) in [7, 11) is 1.60. The van der Waals surface area contributed by atoms with Crippen molar-refractivity contribution in [1.82, 2.24) is 0 Å². The van der Waals surface area contributed by atoms with E-state index in [0.717, 1.165) is 22.6 Å². The first-order chi connectivity index (χ1) is 7.70. The SMILES string of the molecule is COc1cccc(SCCCO)c1[C@@H](C)O. The summed E-state index contributed by atoms with van der Waals surface area (Å²) in [5.74, 6) is 1.55. The smallest absolute Gasteiger partial charge is 0.125 e. The van der Waals surface area contributed by atoms with Gasteiger partial charge in [-0.25, -0.2) is 0 Å². The van der Waals surface area contributed by atoms with Crippen LogP contribution in [0.3, 0.4) is 0 Å². The van der Waals surface area contributed by atoms with Crippen LogP contribution < -0.4 is 4.74 Å². The van der Waals surface area contributed by atoms with Gasteiger partial charge in [0.15, 0.2) is 0 Å². The van der Waals surface area contributed by atoms with Crippen LogP contribution in [0.1, 0.15) is 25.0 Å². The Bertz CT molecular complexity index is 326. The third-order valence-electron chi connectivity index (χ3n) is 2.22. The molecule has 4 heteroatoms. The molecule has 2 N–H and O–H groups in total. The van der Waals surface area contributed by atoms with Crippen molar-refractivity contribution < 1.29 is 14.9 Å². The Labute approximate surface area is 100 Å². The fraction of sp³-hybridized carbons (Fsp3) is 0.500. The van der Waals surface area contributed by atoms with Crippen LogP contribution in [0, 0.1) is 0 Å². The summed E-state index contributed by atoms with van der Waals surface area (Å²) < 4.78 is 5.23. The van der Waals surface area contributed by atoms with Crippen LogP contribution in [0.2, 0.25) is 0 Å². The molecule has 0 spiro atoms. The highest BCUT2D eigenvalue weighted by molar-refractivity contribution is 7.99. The maximum Gasteiger partial charge on any atom is 0.125 e. The topological polar surface area (TPSA) is 49.7 Å². The molecule has 1 atom stereocenters. The predicted molar refractivity (Wildman–Crippen MR) is 66.1 cm³/mol. The lowest BCUT2D eigenvalue weighted by atomic mass is 10.1.